The smallest absolute Gasteiger partial charge is 0.253 e. The monoisotopic (exact) mass is 318 g/mol. The number of amides is 1. The summed E-state index contributed by atoms with van der Waals surface area (Å²) in [5.41, 5.74) is 1.64. The van der Waals surface area contributed by atoms with Gasteiger partial charge in [0.2, 0.25) is 0 Å². The number of aryl methyl sites for hydroxylation is 1. The van der Waals surface area contributed by atoms with Crippen LogP contribution in [0.3, 0.4) is 0 Å². The van der Waals surface area contributed by atoms with Crippen molar-refractivity contribution in [2.24, 2.45) is 0 Å². The molecule has 5 heteroatoms. The zero-order chi connectivity index (χ0) is 16.3. The lowest BCUT2D eigenvalue weighted by Crippen LogP contribution is -2.42. The number of carbonyl (C=O) groups is 1. The summed E-state index contributed by atoms with van der Waals surface area (Å²) in [6.07, 6.45) is 0. The molecular weight excluding hydrogens is 296 g/mol. The van der Waals surface area contributed by atoms with Gasteiger partial charge in [0.15, 0.2) is 0 Å². The molecule has 0 fully saturated rings. The molecule has 1 aromatic heterocycles. The molecule has 0 atom stereocenters. The van der Waals surface area contributed by atoms with Crippen LogP contribution in [-0.2, 0) is 0 Å². The van der Waals surface area contributed by atoms with E-state index in [1.165, 1.54) is 0 Å². The molecule has 0 spiro atoms. The van der Waals surface area contributed by atoms with Gasteiger partial charge in [0.1, 0.15) is 5.01 Å². The zero-order valence-electron chi connectivity index (χ0n) is 13.5. The Morgan fingerprint density at radius 2 is 2.14 bits per heavy atom. The van der Waals surface area contributed by atoms with Gasteiger partial charge in [-0.3, -0.25) is 4.79 Å². The first-order chi connectivity index (χ1) is 10.3. The van der Waals surface area contributed by atoms with Crippen molar-refractivity contribution in [1.82, 2.24) is 9.88 Å². The molecule has 2 rings (SSSR count). The molecule has 2 aromatic rings. The predicted molar refractivity (Wildman–Crippen MR) is 90.2 cm³/mol. The number of thiazole rings is 1. The summed E-state index contributed by atoms with van der Waals surface area (Å²) in [6.45, 7) is 8.15. The summed E-state index contributed by atoms with van der Waals surface area (Å²) in [7, 11) is 0. The Bertz CT molecular complexity index is 659. The van der Waals surface area contributed by atoms with Crippen LogP contribution >= 0.6 is 11.3 Å². The van der Waals surface area contributed by atoms with Gasteiger partial charge in [-0.2, -0.15) is 0 Å². The molecule has 0 bridgehead atoms. The zero-order valence-corrected chi connectivity index (χ0v) is 14.3. The molecule has 22 heavy (non-hydrogen) atoms. The molecule has 0 aliphatic heterocycles. The van der Waals surface area contributed by atoms with Crippen molar-refractivity contribution in [2.45, 2.75) is 33.3 Å². The molecule has 1 amide bonds. The number of rotatable bonds is 5. The maximum absolute atomic E-state index is 12.6. The number of carbonyl (C=O) groups excluding carboxylic acids is 1. The molecule has 1 N–H and O–H groups in total. The number of hydrogen-bond acceptors (Lipinski definition) is 4. The first kappa shape index (κ1) is 16.6. The highest BCUT2D eigenvalue weighted by atomic mass is 32.1. The molecule has 118 valence electrons. The van der Waals surface area contributed by atoms with Gasteiger partial charge in [0, 0.05) is 35.3 Å². The van der Waals surface area contributed by atoms with E-state index in [0.29, 0.717) is 18.7 Å². The number of likely N-dealkylation sites (N-methyl/N-ethyl adjacent to an activating group) is 1. The van der Waals surface area contributed by atoms with Gasteiger partial charge in [0.25, 0.3) is 5.91 Å². The van der Waals surface area contributed by atoms with Crippen LogP contribution in [0.4, 0.5) is 0 Å². The van der Waals surface area contributed by atoms with Gasteiger partial charge in [0.05, 0.1) is 5.60 Å². The van der Waals surface area contributed by atoms with E-state index in [1.807, 2.05) is 37.4 Å². The second kappa shape index (κ2) is 6.58. The molecular formula is C17H22N2O2S. The third-order valence-electron chi connectivity index (χ3n) is 3.22. The van der Waals surface area contributed by atoms with Gasteiger partial charge in [-0.25, -0.2) is 4.98 Å². The largest absolute Gasteiger partial charge is 0.389 e. The van der Waals surface area contributed by atoms with E-state index in [2.05, 4.69) is 4.98 Å². The van der Waals surface area contributed by atoms with Crippen molar-refractivity contribution in [3.8, 4) is 10.6 Å². The van der Waals surface area contributed by atoms with Crippen LogP contribution in [-0.4, -0.2) is 39.6 Å². The fourth-order valence-electron chi connectivity index (χ4n) is 2.25. The van der Waals surface area contributed by atoms with Crippen molar-refractivity contribution < 1.29 is 9.90 Å². The Morgan fingerprint density at radius 1 is 1.41 bits per heavy atom. The standard InChI is InChI=1S/C17H22N2O2S/c1-5-19(11-17(3,4)21)16(20)14-8-6-7-13(9-14)15-18-12(2)10-22-15/h6-10,21H,5,11H2,1-4H3. The van der Waals surface area contributed by atoms with Crippen LogP contribution in [0, 0.1) is 6.92 Å². The number of benzene rings is 1. The lowest BCUT2D eigenvalue weighted by molar-refractivity contribution is 0.0315. The summed E-state index contributed by atoms with van der Waals surface area (Å²) in [6, 6.07) is 7.51. The second-order valence-corrected chi connectivity index (χ2v) is 6.86. The SMILES string of the molecule is CCN(CC(C)(C)O)C(=O)c1cccc(-c2nc(C)cs2)c1. The molecule has 0 radical (unpaired) electrons. The topological polar surface area (TPSA) is 53.4 Å². The molecule has 0 saturated carbocycles. The van der Waals surface area contributed by atoms with Crippen molar-refractivity contribution in [3.05, 3.63) is 40.9 Å². The quantitative estimate of drug-likeness (QED) is 0.920. The Morgan fingerprint density at radius 3 is 2.68 bits per heavy atom. The highest BCUT2D eigenvalue weighted by molar-refractivity contribution is 7.13. The minimum atomic E-state index is -0.907. The Balaban J connectivity index is 2.26. The van der Waals surface area contributed by atoms with Crippen LogP contribution in [0.5, 0.6) is 0 Å². The van der Waals surface area contributed by atoms with E-state index >= 15 is 0 Å². The van der Waals surface area contributed by atoms with Crippen LogP contribution in [0.1, 0.15) is 36.8 Å². The highest BCUT2D eigenvalue weighted by Crippen LogP contribution is 2.24. The summed E-state index contributed by atoms with van der Waals surface area (Å²) in [5.74, 6) is -0.0697. The first-order valence-corrected chi connectivity index (χ1v) is 8.22. The summed E-state index contributed by atoms with van der Waals surface area (Å²) < 4.78 is 0. The number of nitrogens with zero attached hydrogens (tertiary/aromatic N) is 2. The average Bonchev–Trinajstić information content (AvgIpc) is 2.90. The van der Waals surface area contributed by atoms with Gasteiger partial charge >= 0.3 is 0 Å². The van der Waals surface area contributed by atoms with E-state index in [9.17, 15) is 9.90 Å². The highest BCUT2D eigenvalue weighted by Gasteiger charge is 2.22. The Kier molecular flexibility index (Phi) is 4.98. The Hall–Kier alpha value is -1.72. The van der Waals surface area contributed by atoms with Crippen LogP contribution < -0.4 is 0 Å². The molecule has 0 saturated heterocycles. The van der Waals surface area contributed by atoms with E-state index in [-0.39, 0.29) is 5.91 Å². The van der Waals surface area contributed by atoms with Crippen LogP contribution in [0.15, 0.2) is 29.6 Å². The van der Waals surface area contributed by atoms with Gasteiger partial charge in [-0.1, -0.05) is 12.1 Å². The van der Waals surface area contributed by atoms with Crippen LogP contribution in [0.25, 0.3) is 10.6 Å². The number of aliphatic hydroxyl groups is 1. The Labute approximate surface area is 135 Å². The molecule has 0 unspecified atom stereocenters. The van der Waals surface area contributed by atoms with Gasteiger partial charge in [-0.15, -0.1) is 11.3 Å². The van der Waals surface area contributed by atoms with E-state index in [1.54, 1.807) is 36.2 Å². The maximum Gasteiger partial charge on any atom is 0.253 e. The number of aromatic nitrogens is 1. The van der Waals surface area contributed by atoms with E-state index in [0.717, 1.165) is 16.3 Å². The third-order valence-corrected chi connectivity index (χ3v) is 4.23. The maximum atomic E-state index is 12.6. The summed E-state index contributed by atoms with van der Waals surface area (Å²) in [4.78, 5) is 18.8. The lowest BCUT2D eigenvalue weighted by atomic mass is 10.1. The van der Waals surface area contributed by atoms with Crippen molar-refractivity contribution >= 4 is 17.2 Å². The molecule has 4 nitrogen and oxygen atoms in total. The first-order valence-electron chi connectivity index (χ1n) is 7.34. The molecule has 1 aromatic carbocycles. The van der Waals surface area contributed by atoms with Crippen molar-refractivity contribution in [2.75, 3.05) is 13.1 Å². The van der Waals surface area contributed by atoms with Crippen molar-refractivity contribution in [1.29, 1.82) is 0 Å². The van der Waals surface area contributed by atoms with Gasteiger partial charge in [-0.05, 0) is 39.8 Å². The summed E-state index contributed by atoms with van der Waals surface area (Å²) in [5, 5.41) is 12.9. The molecule has 0 aliphatic rings. The third kappa shape index (κ3) is 4.15. The van der Waals surface area contributed by atoms with Crippen LogP contribution in [0.2, 0.25) is 0 Å². The number of hydrogen-bond donors (Lipinski definition) is 1. The lowest BCUT2D eigenvalue weighted by Gasteiger charge is -2.28. The van der Waals surface area contributed by atoms with E-state index < -0.39 is 5.60 Å². The predicted octanol–water partition coefficient (Wildman–Crippen LogP) is 3.35. The fourth-order valence-corrected chi connectivity index (χ4v) is 3.04. The second-order valence-electron chi connectivity index (χ2n) is 6.01. The van der Waals surface area contributed by atoms with E-state index in [4.69, 9.17) is 0 Å². The van der Waals surface area contributed by atoms with Gasteiger partial charge < -0.3 is 10.0 Å². The minimum Gasteiger partial charge on any atom is -0.389 e. The normalized spacial score (nSPS) is 11.5. The fraction of sp³-hybridized carbons (Fsp3) is 0.412. The average molecular weight is 318 g/mol. The van der Waals surface area contributed by atoms with Crippen molar-refractivity contribution in [3.63, 3.8) is 0 Å². The summed E-state index contributed by atoms with van der Waals surface area (Å²) >= 11 is 1.57. The molecule has 0 aliphatic carbocycles. The minimum absolute atomic E-state index is 0.0697. The molecule has 1 heterocycles.